The summed E-state index contributed by atoms with van der Waals surface area (Å²) < 4.78 is 40.0. The molecule has 0 radical (unpaired) electrons. The second-order valence-corrected chi connectivity index (χ2v) is 8.47. The van der Waals surface area contributed by atoms with Gasteiger partial charge in [0.05, 0.1) is 28.2 Å². The van der Waals surface area contributed by atoms with E-state index in [0.29, 0.717) is 28.3 Å². The summed E-state index contributed by atoms with van der Waals surface area (Å²) in [5, 5.41) is 4.63. The van der Waals surface area contributed by atoms with Gasteiger partial charge in [-0.05, 0) is 55.8 Å². The second kappa shape index (κ2) is 9.87. The topological polar surface area (TPSA) is 86.3 Å². The number of anilines is 2. The highest BCUT2D eigenvalue weighted by Crippen LogP contribution is 2.36. The van der Waals surface area contributed by atoms with Crippen LogP contribution < -0.4 is 16.2 Å². The van der Waals surface area contributed by atoms with E-state index in [2.05, 4.69) is 20.6 Å². The Morgan fingerprint density at radius 2 is 1.75 bits per heavy atom. The summed E-state index contributed by atoms with van der Waals surface area (Å²) in [6.45, 7) is 3.52. The lowest BCUT2D eigenvalue weighted by atomic mass is 10.1. The number of aromatic amines is 1. The highest BCUT2D eigenvalue weighted by atomic mass is 35.5. The number of fused-ring (bicyclic) bond motifs is 1. The first kappa shape index (κ1) is 25.0. The van der Waals surface area contributed by atoms with E-state index in [1.807, 2.05) is 31.2 Å². The van der Waals surface area contributed by atoms with Crippen molar-refractivity contribution in [2.24, 2.45) is 4.99 Å². The maximum atomic E-state index is 13.3. The van der Waals surface area contributed by atoms with Gasteiger partial charge in [0.25, 0.3) is 5.56 Å². The van der Waals surface area contributed by atoms with Crippen molar-refractivity contribution in [1.29, 1.82) is 0 Å². The molecule has 36 heavy (non-hydrogen) atoms. The maximum absolute atomic E-state index is 13.3. The molecule has 4 rings (SSSR count). The predicted molar refractivity (Wildman–Crippen MR) is 136 cm³/mol. The van der Waals surface area contributed by atoms with E-state index in [9.17, 15) is 22.8 Å². The van der Waals surface area contributed by atoms with Gasteiger partial charge in [0, 0.05) is 22.0 Å². The average Bonchev–Trinajstić information content (AvgIpc) is 2.95. The number of halogens is 4. The van der Waals surface area contributed by atoms with Gasteiger partial charge >= 0.3 is 12.2 Å². The third-order valence-electron chi connectivity index (χ3n) is 5.43. The number of carbonyl (C=O) groups is 1. The van der Waals surface area contributed by atoms with Gasteiger partial charge in [-0.15, -0.1) is 0 Å². The van der Waals surface area contributed by atoms with Crippen molar-refractivity contribution in [3.05, 3.63) is 98.8 Å². The monoisotopic (exact) mass is 512 g/mol. The number of amides is 2. The van der Waals surface area contributed by atoms with Gasteiger partial charge in [0.1, 0.15) is 0 Å². The molecule has 6 nitrogen and oxygen atoms in total. The molecule has 0 saturated carbocycles. The Hall–Kier alpha value is -4.11. The van der Waals surface area contributed by atoms with Crippen molar-refractivity contribution in [3.63, 3.8) is 0 Å². The molecule has 0 atom stereocenters. The quantitative estimate of drug-likeness (QED) is 0.252. The van der Waals surface area contributed by atoms with E-state index < -0.39 is 23.5 Å². The van der Waals surface area contributed by atoms with Gasteiger partial charge in [-0.25, -0.2) is 4.79 Å². The SMILES string of the molecule is C/C(=N\c1cc(NC(=O)Nc2ccc(Cl)cc2C(F)(F)F)ccc1C)c1c2cccccc-2[nH]c1=O. The van der Waals surface area contributed by atoms with Crippen LogP contribution in [-0.4, -0.2) is 16.7 Å². The Bertz CT molecular complexity index is 1510. The van der Waals surface area contributed by atoms with E-state index in [1.54, 1.807) is 31.2 Å². The molecule has 1 aliphatic carbocycles. The van der Waals surface area contributed by atoms with Crippen LogP contribution in [0.1, 0.15) is 23.6 Å². The van der Waals surface area contributed by atoms with Crippen LogP contribution in [0.15, 0.2) is 76.5 Å². The van der Waals surface area contributed by atoms with Gasteiger partial charge in [-0.3, -0.25) is 9.79 Å². The minimum Gasteiger partial charge on any atom is -0.321 e. The van der Waals surface area contributed by atoms with Crippen LogP contribution in [0.4, 0.5) is 35.0 Å². The number of aryl methyl sites for hydroxylation is 1. The highest BCUT2D eigenvalue weighted by molar-refractivity contribution is 6.30. The number of benzene rings is 2. The van der Waals surface area contributed by atoms with E-state index >= 15 is 0 Å². The lowest BCUT2D eigenvalue weighted by Crippen LogP contribution is -2.21. The largest absolute Gasteiger partial charge is 0.418 e. The minimum absolute atomic E-state index is 0.102. The van der Waals surface area contributed by atoms with Crippen LogP contribution in [0, 0.1) is 6.92 Å². The van der Waals surface area contributed by atoms with Crippen molar-refractivity contribution < 1.29 is 18.0 Å². The zero-order valence-electron chi connectivity index (χ0n) is 19.1. The molecular formula is C26H20ClF3N4O2. The standard InChI is InChI=1S/C26H20ClF3N4O2/c1-14-8-10-17(32-25(36)34-21-11-9-16(27)12-19(21)26(28,29)30)13-22(14)31-15(2)23-18-6-4-3-5-7-20(18)33-24(23)35/h3-13H,1-2H3,(H,33,35)(H2,32,34,36)/b31-15+. The summed E-state index contributed by atoms with van der Waals surface area (Å²) in [7, 11) is 0. The Morgan fingerprint density at radius 1 is 1.00 bits per heavy atom. The highest BCUT2D eigenvalue weighted by Gasteiger charge is 2.34. The molecule has 2 aromatic carbocycles. The molecule has 0 aromatic heterocycles. The Morgan fingerprint density at radius 3 is 2.50 bits per heavy atom. The fourth-order valence-electron chi connectivity index (χ4n) is 3.73. The number of urea groups is 1. The zero-order valence-corrected chi connectivity index (χ0v) is 19.9. The minimum atomic E-state index is -4.70. The molecule has 2 amide bonds. The van der Waals surface area contributed by atoms with Crippen LogP contribution >= 0.6 is 11.6 Å². The van der Waals surface area contributed by atoms with Gasteiger partial charge in [0.15, 0.2) is 0 Å². The first-order valence-electron chi connectivity index (χ1n) is 10.7. The summed E-state index contributed by atoms with van der Waals surface area (Å²) in [4.78, 5) is 32.5. The van der Waals surface area contributed by atoms with E-state index in [1.165, 1.54) is 6.07 Å². The molecule has 184 valence electrons. The molecule has 0 fully saturated rings. The number of carbonyl (C=O) groups excluding carboxylic acids is 1. The third-order valence-corrected chi connectivity index (χ3v) is 5.67. The summed E-state index contributed by atoms with van der Waals surface area (Å²) in [6, 6.07) is 16.2. The second-order valence-electron chi connectivity index (χ2n) is 8.03. The zero-order chi connectivity index (χ0) is 26.0. The predicted octanol–water partition coefficient (Wildman–Crippen LogP) is 7.25. The summed E-state index contributed by atoms with van der Waals surface area (Å²) in [5.41, 5.74) is 2.11. The molecule has 2 aliphatic rings. The first-order valence-corrected chi connectivity index (χ1v) is 11.1. The molecule has 1 aliphatic heterocycles. The number of nitrogens with one attached hydrogen (secondary N) is 3. The summed E-state index contributed by atoms with van der Waals surface area (Å²) in [6.07, 6.45) is -4.70. The number of hydrogen-bond donors (Lipinski definition) is 3. The van der Waals surface area contributed by atoms with Crippen molar-refractivity contribution in [2.75, 3.05) is 10.6 Å². The normalized spacial score (nSPS) is 12.0. The van der Waals surface area contributed by atoms with Crippen molar-refractivity contribution in [1.82, 2.24) is 4.98 Å². The fraction of sp³-hybridized carbons (Fsp3) is 0.115. The molecule has 0 unspecified atom stereocenters. The number of rotatable bonds is 4. The van der Waals surface area contributed by atoms with E-state index in [4.69, 9.17) is 11.6 Å². The first-order chi connectivity index (χ1) is 17.0. The van der Waals surface area contributed by atoms with Crippen LogP contribution in [0.3, 0.4) is 0 Å². The number of hydrogen-bond acceptors (Lipinski definition) is 3. The van der Waals surface area contributed by atoms with E-state index in [-0.39, 0.29) is 10.6 Å². The third kappa shape index (κ3) is 5.41. The number of alkyl halides is 3. The van der Waals surface area contributed by atoms with Crippen molar-refractivity contribution in [3.8, 4) is 11.3 Å². The number of aliphatic imine (C=N–C) groups is 1. The Kier molecular flexibility index (Phi) is 6.85. The lowest BCUT2D eigenvalue weighted by molar-refractivity contribution is -0.136. The fourth-order valence-corrected chi connectivity index (χ4v) is 3.90. The number of aromatic nitrogens is 1. The van der Waals surface area contributed by atoms with Gasteiger partial charge in [0.2, 0.25) is 0 Å². The van der Waals surface area contributed by atoms with Crippen molar-refractivity contribution >= 4 is 40.4 Å². The van der Waals surface area contributed by atoms with Crippen LogP contribution in [0.25, 0.3) is 11.3 Å². The molecular weight excluding hydrogens is 493 g/mol. The lowest BCUT2D eigenvalue weighted by Gasteiger charge is -2.15. The van der Waals surface area contributed by atoms with Crippen LogP contribution in [0.5, 0.6) is 0 Å². The average molecular weight is 513 g/mol. The summed E-state index contributed by atoms with van der Waals surface area (Å²) >= 11 is 5.69. The molecule has 0 bridgehead atoms. The molecule has 0 spiro atoms. The van der Waals surface area contributed by atoms with Gasteiger partial charge in [-0.1, -0.05) is 41.9 Å². The number of H-pyrrole nitrogens is 1. The molecule has 10 heteroatoms. The van der Waals surface area contributed by atoms with Crippen molar-refractivity contribution in [2.45, 2.75) is 20.0 Å². The van der Waals surface area contributed by atoms with Gasteiger partial charge < -0.3 is 15.6 Å². The van der Waals surface area contributed by atoms with Gasteiger partial charge in [-0.2, -0.15) is 13.2 Å². The van der Waals surface area contributed by atoms with E-state index in [0.717, 1.165) is 23.3 Å². The summed E-state index contributed by atoms with van der Waals surface area (Å²) in [5.74, 6) is 0. The number of nitrogens with zero attached hydrogens (tertiary/aromatic N) is 1. The Labute approximate surface area is 209 Å². The molecule has 2 aromatic rings. The molecule has 1 heterocycles. The molecule has 3 N–H and O–H groups in total. The van der Waals surface area contributed by atoms with Crippen LogP contribution in [-0.2, 0) is 6.18 Å². The van der Waals surface area contributed by atoms with Crippen LogP contribution in [0.2, 0.25) is 5.02 Å². The smallest absolute Gasteiger partial charge is 0.321 e. The maximum Gasteiger partial charge on any atom is 0.418 e. The Balaban J connectivity index is 1.60. The molecule has 0 saturated heterocycles.